The van der Waals surface area contributed by atoms with E-state index in [9.17, 15) is 14.9 Å². The molecule has 92 valence electrons. The van der Waals surface area contributed by atoms with E-state index in [1.165, 1.54) is 4.68 Å². The van der Waals surface area contributed by atoms with Crippen molar-refractivity contribution in [3.05, 3.63) is 52.3 Å². The van der Waals surface area contributed by atoms with E-state index < -0.39 is 10.9 Å². The Labute approximate surface area is 102 Å². The summed E-state index contributed by atoms with van der Waals surface area (Å²) in [6.45, 7) is 0. The predicted molar refractivity (Wildman–Crippen MR) is 61.6 cm³/mol. The standard InChI is InChI=1S/C11H9N3O4/c1-18-11(15)10-9(14(16)17)7-12-13(10)8-5-3-2-4-6-8/h2-7H,1H3. The van der Waals surface area contributed by atoms with Gasteiger partial charge in [0.05, 0.1) is 17.7 Å². The van der Waals surface area contributed by atoms with Gasteiger partial charge < -0.3 is 4.74 Å². The van der Waals surface area contributed by atoms with Gasteiger partial charge in [0.15, 0.2) is 0 Å². The SMILES string of the molecule is COC(=O)c1c([N+](=O)[O-])cnn1-c1ccccc1. The number of methoxy groups -OCH3 is 1. The summed E-state index contributed by atoms with van der Waals surface area (Å²) in [6.07, 6.45) is 1.03. The molecule has 0 aliphatic carbocycles. The molecule has 7 heteroatoms. The summed E-state index contributed by atoms with van der Waals surface area (Å²) in [5.74, 6) is -0.803. The quantitative estimate of drug-likeness (QED) is 0.466. The molecule has 2 aromatic rings. The lowest BCUT2D eigenvalue weighted by molar-refractivity contribution is -0.385. The second kappa shape index (κ2) is 4.66. The molecular weight excluding hydrogens is 238 g/mol. The molecule has 2 rings (SSSR count). The summed E-state index contributed by atoms with van der Waals surface area (Å²) in [7, 11) is 1.16. The molecule has 0 amide bonds. The molecule has 0 saturated carbocycles. The number of esters is 1. The zero-order valence-electron chi connectivity index (χ0n) is 9.44. The molecular formula is C11H9N3O4. The van der Waals surface area contributed by atoms with Crippen LogP contribution in [0.15, 0.2) is 36.5 Å². The fraction of sp³-hybridized carbons (Fsp3) is 0.0909. The van der Waals surface area contributed by atoms with Crippen LogP contribution in [0.5, 0.6) is 0 Å². The lowest BCUT2D eigenvalue weighted by Crippen LogP contribution is -2.12. The summed E-state index contributed by atoms with van der Waals surface area (Å²) < 4.78 is 5.73. The molecule has 1 aromatic carbocycles. The van der Waals surface area contributed by atoms with E-state index in [1.54, 1.807) is 30.3 Å². The fourth-order valence-electron chi connectivity index (χ4n) is 1.53. The van der Waals surface area contributed by atoms with Gasteiger partial charge in [0.2, 0.25) is 5.69 Å². The number of carbonyl (C=O) groups excluding carboxylic acids is 1. The Morgan fingerprint density at radius 1 is 1.39 bits per heavy atom. The van der Waals surface area contributed by atoms with Crippen LogP contribution in [0.2, 0.25) is 0 Å². The number of nitrogens with zero attached hydrogens (tertiary/aromatic N) is 3. The van der Waals surface area contributed by atoms with Crippen molar-refractivity contribution in [2.24, 2.45) is 0 Å². The summed E-state index contributed by atoms with van der Waals surface area (Å²) in [6, 6.07) is 8.64. The van der Waals surface area contributed by atoms with Crippen LogP contribution in [0.3, 0.4) is 0 Å². The molecule has 0 saturated heterocycles. The molecule has 0 unspecified atom stereocenters. The Bertz CT molecular complexity index is 592. The van der Waals surface area contributed by atoms with E-state index in [0.29, 0.717) is 5.69 Å². The number of rotatable bonds is 3. The predicted octanol–water partition coefficient (Wildman–Crippen LogP) is 1.57. The Morgan fingerprint density at radius 2 is 2.06 bits per heavy atom. The van der Waals surface area contributed by atoms with Crippen molar-refractivity contribution in [1.29, 1.82) is 0 Å². The van der Waals surface area contributed by atoms with Gasteiger partial charge in [-0.05, 0) is 12.1 Å². The van der Waals surface area contributed by atoms with Gasteiger partial charge in [-0.15, -0.1) is 0 Å². The van der Waals surface area contributed by atoms with Gasteiger partial charge in [-0.25, -0.2) is 9.48 Å². The van der Waals surface area contributed by atoms with Crippen LogP contribution in [0.4, 0.5) is 5.69 Å². The Kier molecular flexibility index (Phi) is 3.05. The third-order valence-corrected chi connectivity index (χ3v) is 2.33. The molecule has 0 bridgehead atoms. The number of nitro groups is 1. The first-order valence-corrected chi connectivity index (χ1v) is 5.01. The average Bonchev–Trinajstić information content (AvgIpc) is 2.83. The number of benzene rings is 1. The lowest BCUT2D eigenvalue weighted by atomic mass is 10.3. The van der Waals surface area contributed by atoms with Gasteiger partial charge in [-0.1, -0.05) is 18.2 Å². The molecule has 0 radical (unpaired) electrons. The maximum Gasteiger partial charge on any atom is 0.364 e. The van der Waals surface area contributed by atoms with Gasteiger partial charge >= 0.3 is 11.7 Å². The molecule has 0 atom stereocenters. The zero-order valence-corrected chi connectivity index (χ0v) is 9.44. The van der Waals surface area contributed by atoms with E-state index in [-0.39, 0.29) is 11.4 Å². The second-order valence-corrected chi connectivity index (χ2v) is 3.37. The van der Waals surface area contributed by atoms with Gasteiger partial charge in [0.1, 0.15) is 6.20 Å². The Balaban J connectivity index is 2.62. The van der Waals surface area contributed by atoms with Crippen LogP contribution in [0, 0.1) is 10.1 Å². The van der Waals surface area contributed by atoms with Crippen molar-refractivity contribution in [3.63, 3.8) is 0 Å². The maximum absolute atomic E-state index is 11.6. The summed E-state index contributed by atoms with van der Waals surface area (Å²) in [5.41, 5.74) is -0.0367. The number of ether oxygens (including phenoxy) is 1. The largest absolute Gasteiger partial charge is 0.464 e. The van der Waals surface area contributed by atoms with Crippen molar-refractivity contribution < 1.29 is 14.5 Å². The molecule has 0 N–H and O–H groups in total. The van der Waals surface area contributed by atoms with E-state index in [0.717, 1.165) is 13.3 Å². The van der Waals surface area contributed by atoms with Gasteiger partial charge in [0, 0.05) is 0 Å². The highest BCUT2D eigenvalue weighted by atomic mass is 16.6. The average molecular weight is 247 g/mol. The molecule has 7 nitrogen and oxygen atoms in total. The Morgan fingerprint density at radius 3 is 2.61 bits per heavy atom. The van der Waals surface area contributed by atoms with Crippen molar-refractivity contribution in [2.45, 2.75) is 0 Å². The van der Waals surface area contributed by atoms with Crippen molar-refractivity contribution in [1.82, 2.24) is 9.78 Å². The van der Waals surface area contributed by atoms with Gasteiger partial charge in [0.25, 0.3) is 0 Å². The number of carbonyl (C=O) groups is 1. The molecule has 0 aliphatic heterocycles. The van der Waals surface area contributed by atoms with Gasteiger partial charge in [-0.2, -0.15) is 5.10 Å². The third kappa shape index (κ3) is 1.93. The third-order valence-electron chi connectivity index (χ3n) is 2.33. The number of para-hydroxylation sites is 1. The van der Waals surface area contributed by atoms with Gasteiger partial charge in [-0.3, -0.25) is 10.1 Å². The number of hydrogen-bond donors (Lipinski definition) is 0. The van der Waals surface area contributed by atoms with Crippen molar-refractivity contribution in [2.75, 3.05) is 7.11 Å². The first-order valence-electron chi connectivity index (χ1n) is 5.01. The van der Waals surface area contributed by atoms with Crippen molar-refractivity contribution >= 4 is 11.7 Å². The van der Waals surface area contributed by atoms with E-state index >= 15 is 0 Å². The highest BCUT2D eigenvalue weighted by Gasteiger charge is 2.28. The van der Waals surface area contributed by atoms with Crippen LogP contribution in [0.1, 0.15) is 10.5 Å². The normalized spacial score (nSPS) is 10.1. The molecule has 0 fully saturated rings. The zero-order chi connectivity index (χ0) is 13.1. The fourth-order valence-corrected chi connectivity index (χ4v) is 1.53. The Hall–Kier alpha value is -2.70. The summed E-state index contributed by atoms with van der Waals surface area (Å²) in [4.78, 5) is 21.8. The maximum atomic E-state index is 11.6. The second-order valence-electron chi connectivity index (χ2n) is 3.37. The van der Waals surface area contributed by atoms with Crippen LogP contribution in [-0.4, -0.2) is 27.8 Å². The summed E-state index contributed by atoms with van der Waals surface area (Å²) in [5, 5.41) is 14.7. The monoisotopic (exact) mass is 247 g/mol. The lowest BCUT2D eigenvalue weighted by Gasteiger charge is -2.04. The molecule has 1 aromatic heterocycles. The highest BCUT2D eigenvalue weighted by molar-refractivity contribution is 5.92. The minimum atomic E-state index is -0.803. The topological polar surface area (TPSA) is 87.3 Å². The van der Waals surface area contributed by atoms with E-state index in [2.05, 4.69) is 9.84 Å². The molecule has 18 heavy (non-hydrogen) atoms. The highest BCUT2D eigenvalue weighted by Crippen LogP contribution is 2.21. The van der Waals surface area contributed by atoms with Crippen molar-refractivity contribution in [3.8, 4) is 5.69 Å². The minimum Gasteiger partial charge on any atom is -0.464 e. The van der Waals surface area contributed by atoms with E-state index in [1.807, 2.05) is 0 Å². The summed E-state index contributed by atoms with van der Waals surface area (Å²) >= 11 is 0. The van der Waals surface area contributed by atoms with E-state index in [4.69, 9.17) is 0 Å². The molecule has 1 heterocycles. The molecule has 0 aliphatic rings. The van der Waals surface area contributed by atoms with Crippen LogP contribution in [-0.2, 0) is 4.74 Å². The minimum absolute atomic E-state index is 0.200. The van der Waals surface area contributed by atoms with Crippen LogP contribution in [0.25, 0.3) is 5.69 Å². The number of aromatic nitrogens is 2. The molecule has 0 spiro atoms. The van der Waals surface area contributed by atoms with Crippen LogP contribution < -0.4 is 0 Å². The smallest absolute Gasteiger partial charge is 0.364 e. The van der Waals surface area contributed by atoms with Crippen LogP contribution >= 0.6 is 0 Å². The number of hydrogen-bond acceptors (Lipinski definition) is 5. The first-order chi connectivity index (χ1) is 8.65. The first kappa shape index (κ1) is 11.8.